The molecule has 0 saturated heterocycles. The van der Waals surface area contributed by atoms with Gasteiger partial charge >= 0.3 is 0 Å². The molecule has 68 heavy (non-hydrogen) atoms. The summed E-state index contributed by atoms with van der Waals surface area (Å²) in [6.45, 7) is 0. The topological polar surface area (TPSA) is 9.86 Å². The van der Waals surface area contributed by atoms with Gasteiger partial charge in [0.05, 0.1) is 22.1 Å². The maximum atomic E-state index is 2.43. The number of hydrogen-bond donors (Lipinski definition) is 0. The van der Waals surface area contributed by atoms with Crippen molar-refractivity contribution >= 4 is 108 Å². The molecule has 2 heterocycles. The van der Waals surface area contributed by atoms with E-state index in [9.17, 15) is 0 Å². The highest BCUT2D eigenvalue weighted by molar-refractivity contribution is 6.36. The molecular formula is C66H40N2. The smallest absolute Gasteiger partial charge is 0.0541 e. The molecule has 0 amide bonds. The fourth-order valence-electron chi connectivity index (χ4n) is 11.8. The summed E-state index contributed by atoms with van der Waals surface area (Å²) in [5, 5.41) is 20.4. The Hall–Kier alpha value is -8.98. The SMILES string of the molecule is c1ccc2cc(-n3c4ccccc4c4cc(-c5ccc6c(c5)c5ccccc5n6-c5ccc(-c6cc7ccccc7c7c6ccc6c8ccccc8c8ccccc8c67)cc5)ccc43)ccc2c1. The van der Waals surface area contributed by atoms with Crippen LogP contribution in [-0.2, 0) is 0 Å². The summed E-state index contributed by atoms with van der Waals surface area (Å²) in [6, 6.07) is 90.1. The van der Waals surface area contributed by atoms with E-state index in [1.165, 1.54) is 136 Å². The summed E-state index contributed by atoms with van der Waals surface area (Å²) in [4.78, 5) is 0. The normalized spacial score (nSPS) is 12.1. The first-order valence-electron chi connectivity index (χ1n) is 23.6. The molecule has 2 aromatic heterocycles. The largest absolute Gasteiger partial charge is 0.309 e. The predicted octanol–water partition coefficient (Wildman–Crippen LogP) is 18.1. The van der Waals surface area contributed by atoms with E-state index in [0.717, 1.165) is 5.69 Å². The molecule has 0 N–H and O–H groups in total. The lowest BCUT2D eigenvalue weighted by Gasteiger charge is -2.17. The molecule has 0 aliphatic heterocycles. The third-order valence-corrected chi connectivity index (χ3v) is 14.8. The number of nitrogens with zero attached hydrogens (tertiary/aromatic N) is 2. The Morgan fingerprint density at radius 3 is 1.28 bits per heavy atom. The standard InChI is InChI=1S/C66H40N2/c1-2-14-43-37-48(32-25-41(43)13-1)68-62-24-12-10-21-54(62)60-39-45(29-36-64(60)68)44-28-35-63-59(38-44)53-20-9-11-23-61(53)67(63)47-30-26-42(27-31-47)58-40-46-15-3-4-16-49(46)65-57(58)34-33-56-52-19-6-5-17-50(52)51-18-7-8-22-55(51)66(56)65/h1-40H. The maximum absolute atomic E-state index is 2.43. The van der Waals surface area contributed by atoms with Crippen molar-refractivity contribution in [1.82, 2.24) is 9.13 Å². The van der Waals surface area contributed by atoms with Crippen molar-refractivity contribution in [3.63, 3.8) is 0 Å². The summed E-state index contributed by atoms with van der Waals surface area (Å²) in [5.74, 6) is 0. The van der Waals surface area contributed by atoms with Gasteiger partial charge in [-0.15, -0.1) is 0 Å². The van der Waals surface area contributed by atoms with Gasteiger partial charge in [0.1, 0.15) is 0 Å². The first kappa shape index (κ1) is 37.3. The van der Waals surface area contributed by atoms with Gasteiger partial charge in [-0.25, -0.2) is 0 Å². The van der Waals surface area contributed by atoms with E-state index in [-0.39, 0.29) is 0 Å². The Morgan fingerprint density at radius 2 is 0.632 bits per heavy atom. The quantitative estimate of drug-likeness (QED) is 0.156. The zero-order chi connectivity index (χ0) is 44.5. The molecule has 15 rings (SSSR count). The van der Waals surface area contributed by atoms with Gasteiger partial charge in [-0.1, -0.05) is 176 Å². The third kappa shape index (κ3) is 5.34. The zero-order valence-corrected chi connectivity index (χ0v) is 37.0. The average molecular weight is 861 g/mol. The molecular weight excluding hydrogens is 821 g/mol. The van der Waals surface area contributed by atoms with Crippen LogP contribution >= 0.6 is 0 Å². The highest BCUT2D eigenvalue weighted by atomic mass is 15.0. The summed E-state index contributed by atoms with van der Waals surface area (Å²) in [7, 11) is 0. The van der Waals surface area contributed by atoms with Gasteiger partial charge in [-0.05, 0) is 154 Å². The van der Waals surface area contributed by atoms with Crippen molar-refractivity contribution in [3.05, 3.63) is 243 Å². The molecule has 0 atom stereocenters. The molecule has 0 saturated carbocycles. The lowest BCUT2D eigenvalue weighted by molar-refractivity contribution is 1.18. The molecule has 2 nitrogen and oxygen atoms in total. The predicted molar refractivity (Wildman–Crippen MR) is 291 cm³/mol. The van der Waals surface area contributed by atoms with E-state index in [1.807, 2.05) is 0 Å². The maximum Gasteiger partial charge on any atom is 0.0541 e. The van der Waals surface area contributed by atoms with Crippen LogP contribution in [-0.4, -0.2) is 9.13 Å². The van der Waals surface area contributed by atoms with Crippen LogP contribution in [0.3, 0.4) is 0 Å². The molecule has 0 radical (unpaired) electrons. The van der Waals surface area contributed by atoms with Gasteiger partial charge < -0.3 is 9.13 Å². The molecule has 0 spiro atoms. The number of aromatic nitrogens is 2. The van der Waals surface area contributed by atoms with E-state index < -0.39 is 0 Å². The Bertz CT molecular complexity index is 4570. The van der Waals surface area contributed by atoms with Crippen LogP contribution in [0.2, 0.25) is 0 Å². The molecule has 0 bridgehead atoms. The first-order valence-corrected chi connectivity index (χ1v) is 23.6. The molecule has 15 aromatic rings. The van der Waals surface area contributed by atoms with E-state index in [1.54, 1.807) is 0 Å². The summed E-state index contributed by atoms with van der Waals surface area (Å²) in [5.41, 5.74) is 12.0. The summed E-state index contributed by atoms with van der Waals surface area (Å²) in [6.07, 6.45) is 0. The Balaban J connectivity index is 0.867. The van der Waals surface area contributed by atoms with Gasteiger partial charge in [0.2, 0.25) is 0 Å². The Kier molecular flexibility index (Phi) is 7.81. The second-order valence-electron chi connectivity index (χ2n) is 18.4. The highest BCUT2D eigenvalue weighted by Crippen LogP contribution is 2.45. The van der Waals surface area contributed by atoms with Crippen LogP contribution < -0.4 is 0 Å². The van der Waals surface area contributed by atoms with E-state index in [0.29, 0.717) is 0 Å². The molecule has 314 valence electrons. The van der Waals surface area contributed by atoms with Crippen LogP contribution in [0.15, 0.2) is 243 Å². The number of fused-ring (bicyclic) bond motifs is 17. The molecule has 0 aliphatic rings. The van der Waals surface area contributed by atoms with Crippen molar-refractivity contribution in [2.45, 2.75) is 0 Å². The summed E-state index contributed by atoms with van der Waals surface area (Å²) >= 11 is 0. The molecule has 13 aromatic carbocycles. The van der Waals surface area contributed by atoms with Crippen LogP contribution in [0.5, 0.6) is 0 Å². The van der Waals surface area contributed by atoms with Crippen LogP contribution in [0.4, 0.5) is 0 Å². The number of rotatable bonds is 4. The van der Waals surface area contributed by atoms with Gasteiger partial charge in [-0.3, -0.25) is 0 Å². The van der Waals surface area contributed by atoms with Crippen molar-refractivity contribution in [3.8, 4) is 33.6 Å². The molecule has 2 heteroatoms. The highest BCUT2D eigenvalue weighted by Gasteiger charge is 2.19. The van der Waals surface area contributed by atoms with Crippen LogP contribution in [0, 0.1) is 0 Å². The number of hydrogen-bond acceptors (Lipinski definition) is 0. The minimum atomic E-state index is 1.14. The van der Waals surface area contributed by atoms with Gasteiger partial charge in [0.25, 0.3) is 0 Å². The second-order valence-corrected chi connectivity index (χ2v) is 18.4. The lowest BCUT2D eigenvalue weighted by Crippen LogP contribution is -1.94. The fourth-order valence-corrected chi connectivity index (χ4v) is 11.8. The zero-order valence-electron chi connectivity index (χ0n) is 37.0. The van der Waals surface area contributed by atoms with Gasteiger partial charge in [0, 0.05) is 32.9 Å². The van der Waals surface area contributed by atoms with Crippen molar-refractivity contribution in [1.29, 1.82) is 0 Å². The number of benzene rings is 13. The minimum Gasteiger partial charge on any atom is -0.309 e. The van der Waals surface area contributed by atoms with E-state index in [4.69, 9.17) is 0 Å². The Labute approximate surface area is 391 Å². The minimum absolute atomic E-state index is 1.14. The average Bonchev–Trinajstić information content (AvgIpc) is 3.92. The van der Waals surface area contributed by atoms with Crippen molar-refractivity contribution in [2.75, 3.05) is 0 Å². The Morgan fingerprint density at radius 1 is 0.206 bits per heavy atom. The second kappa shape index (κ2) is 14.3. The molecule has 0 fully saturated rings. The van der Waals surface area contributed by atoms with Crippen molar-refractivity contribution in [2.24, 2.45) is 0 Å². The monoisotopic (exact) mass is 860 g/mol. The van der Waals surface area contributed by atoms with Gasteiger partial charge in [-0.2, -0.15) is 0 Å². The van der Waals surface area contributed by atoms with Crippen LogP contribution in [0.25, 0.3) is 142 Å². The van der Waals surface area contributed by atoms with Crippen LogP contribution in [0.1, 0.15) is 0 Å². The van der Waals surface area contributed by atoms with E-state index >= 15 is 0 Å². The lowest BCUT2D eigenvalue weighted by atomic mass is 9.86. The number of para-hydroxylation sites is 2. The third-order valence-electron chi connectivity index (χ3n) is 14.8. The van der Waals surface area contributed by atoms with Crippen molar-refractivity contribution < 1.29 is 0 Å². The molecule has 0 aliphatic carbocycles. The molecule has 0 unspecified atom stereocenters. The fraction of sp³-hybridized carbons (Fsp3) is 0. The summed E-state index contributed by atoms with van der Waals surface area (Å²) < 4.78 is 4.85. The first-order chi connectivity index (χ1) is 33.7. The van der Waals surface area contributed by atoms with Gasteiger partial charge in [0.15, 0.2) is 0 Å². The van der Waals surface area contributed by atoms with E-state index in [2.05, 4.69) is 252 Å².